The van der Waals surface area contributed by atoms with Gasteiger partial charge in [-0.3, -0.25) is 0 Å². The topological polar surface area (TPSA) is 67.8 Å². The Labute approximate surface area is 139 Å². The molecular weight excluding hydrogens is 312 g/mol. The predicted molar refractivity (Wildman–Crippen MR) is 92.1 cm³/mol. The fourth-order valence-corrected chi connectivity index (χ4v) is 3.53. The van der Waals surface area contributed by atoms with E-state index >= 15 is 0 Å². The van der Waals surface area contributed by atoms with Gasteiger partial charge in [-0.15, -0.1) is 0 Å². The van der Waals surface area contributed by atoms with Crippen molar-refractivity contribution in [3.8, 4) is 0 Å². The van der Waals surface area contributed by atoms with Crippen molar-refractivity contribution < 1.29 is 13.3 Å². The van der Waals surface area contributed by atoms with Crippen molar-refractivity contribution in [1.82, 2.24) is 4.72 Å². The van der Waals surface area contributed by atoms with Crippen LogP contribution in [0.1, 0.15) is 51.0 Å². The van der Waals surface area contributed by atoms with Crippen molar-refractivity contribution in [2.24, 2.45) is 5.16 Å². The maximum atomic E-state index is 12.3. The lowest BCUT2D eigenvalue weighted by atomic mass is 9.99. The van der Waals surface area contributed by atoms with Gasteiger partial charge in [0.15, 0.2) is 0 Å². The van der Waals surface area contributed by atoms with Crippen LogP contribution < -0.4 is 4.72 Å². The average molecular weight is 338 g/mol. The molecule has 0 radical (unpaired) electrons. The first-order valence-electron chi connectivity index (χ1n) is 8.29. The van der Waals surface area contributed by atoms with E-state index in [1.54, 1.807) is 24.3 Å². The highest BCUT2D eigenvalue weighted by atomic mass is 32.2. The number of aryl methyl sites for hydroxylation is 1. The molecule has 0 aliphatic heterocycles. The largest absolute Gasteiger partial charge is 0.391 e. The van der Waals surface area contributed by atoms with Gasteiger partial charge in [0.1, 0.15) is 6.10 Å². The highest BCUT2D eigenvalue weighted by Crippen LogP contribution is 2.16. The summed E-state index contributed by atoms with van der Waals surface area (Å²) in [6.07, 6.45) is 6.03. The van der Waals surface area contributed by atoms with Gasteiger partial charge in [0, 0.05) is 0 Å². The van der Waals surface area contributed by atoms with Crippen LogP contribution in [-0.4, -0.2) is 26.8 Å². The zero-order chi connectivity index (χ0) is 16.7. The third-order valence-electron chi connectivity index (χ3n) is 4.05. The number of hydrogen-bond acceptors (Lipinski definition) is 4. The normalized spacial score (nSPS) is 16.9. The number of oxime groups is 1. The molecule has 1 aromatic carbocycles. The number of benzene rings is 1. The summed E-state index contributed by atoms with van der Waals surface area (Å²) in [6.45, 7) is 4.12. The minimum absolute atomic E-state index is 0.226. The summed E-state index contributed by atoms with van der Waals surface area (Å²) in [4.78, 5) is 5.82. The van der Waals surface area contributed by atoms with Gasteiger partial charge in [-0.05, 0) is 51.2 Å². The van der Waals surface area contributed by atoms with Gasteiger partial charge in [0.2, 0.25) is 10.0 Å². The summed E-state index contributed by atoms with van der Waals surface area (Å²) in [5, 5.41) is 4.22. The molecule has 1 unspecified atom stereocenters. The van der Waals surface area contributed by atoms with Crippen molar-refractivity contribution in [3.63, 3.8) is 0 Å². The first-order valence-corrected chi connectivity index (χ1v) is 9.77. The minimum atomic E-state index is -3.50. The molecule has 1 atom stereocenters. The summed E-state index contributed by atoms with van der Waals surface area (Å²) in [7, 11) is -3.50. The number of sulfonamides is 1. The molecule has 1 N–H and O–H groups in total. The molecule has 5 nitrogen and oxygen atoms in total. The highest BCUT2D eigenvalue weighted by Gasteiger charge is 2.17. The molecule has 6 heteroatoms. The Morgan fingerprint density at radius 3 is 2.43 bits per heavy atom. The lowest BCUT2D eigenvalue weighted by Crippen LogP contribution is -2.33. The molecule has 1 aliphatic rings. The van der Waals surface area contributed by atoms with Gasteiger partial charge in [0.05, 0.1) is 17.2 Å². The molecule has 1 aliphatic carbocycles. The Morgan fingerprint density at radius 1 is 1.17 bits per heavy atom. The van der Waals surface area contributed by atoms with Crippen molar-refractivity contribution in [3.05, 3.63) is 29.8 Å². The van der Waals surface area contributed by atoms with E-state index in [1.165, 1.54) is 19.3 Å². The molecule has 0 aromatic heterocycles. The molecule has 1 saturated carbocycles. The zero-order valence-corrected chi connectivity index (χ0v) is 14.7. The molecular formula is C17H26N2O3S. The zero-order valence-electron chi connectivity index (χ0n) is 13.9. The summed E-state index contributed by atoms with van der Waals surface area (Å²) in [5.41, 5.74) is 2.12. The molecule has 1 fully saturated rings. The van der Waals surface area contributed by atoms with Crippen LogP contribution in [0.15, 0.2) is 34.3 Å². The fraction of sp³-hybridized carbons (Fsp3) is 0.588. The van der Waals surface area contributed by atoms with Crippen LogP contribution >= 0.6 is 0 Å². The smallest absolute Gasteiger partial charge is 0.240 e. The monoisotopic (exact) mass is 338 g/mol. The molecule has 128 valence electrons. The van der Waals surface area contributed by atoms with E-state index in [4.69, 9.17) is 4.84 Å². The number of hydrogen-bond donors (Lipinski definition) is 1. The third kappa shape index (κ3) is 5.62. The first-order chi connectivity index (χ1) is 11.0. The average Bonchev–Trinajstić information content (AvgIpc) is 2.56. The van der Waals surface area contributed by atoms with Crippen molar-refractivity contribution in [1.29, 1.82) is 0 Å². The summed E-state index contributed by atoms with van der Waals surface area (Å²) in [5.74, 6) is 0. The second kappa shape index (κ2) is 8.45. The van der Waals surface area contributed by atoms with Crippen LogP contribution in [0.5, 0.6) is 0 Å². The van der Waals surface area contributed by atoms with Crippen LogP contribution in [0, 0.1) is 6.92 Å². The lowest BCUT2D eigenvalue weighted by Gasteiger charge is -2.17. The number of nitrogens with one attached hydrogen (secondary N) is 1. The molecule has 23 heavy (non-hydrogen) atoms. The summed E-state index contributed by atoms with van der Waals surface area (Å²) >= 11 is 0. The van der Waals surface area contributed by atoms with Crippen LogP contribution in [0.3, 0.4) is 0 Å². The van der Waals surface area contributed by atoms with Crippen molar-refractivity contribution in [2.75, 3.05) is 6.54 Å². The SMILES string of the molecule is CCC(CNS(=O)(=O)c1ccc(C)cc1)ON=C1CCCCC1. The summed E-state index contributed by atoms with van der Waals surface area (Å²) < 4.78 is 27.1. The molecule has 0 spiro atoms. The molecule has 0 bridgehead atoms. The Morgan fingerprint density at radius 2 is 1.83 bits per heavy atom. The predicted octanol–water partition coefficient (Wildman–Crippen LogP) is 3.39. The Kier molecular flexibility index (Phi) is 6.59. The van der Waals surface area contributed by atoms with Gasteiger partial charge in [-0.2, -0.15) is 0 Å². The Bertz CT molecular complexity index is 616. The summed E-state index contributed by atoms with van der Waals surface area (Å²) in [6, 6.07) is 6.80. The second-order valence-electron chi connectivity index (χ2n) is 6.02. The van der Waals surface area contributed by atoms with Crippen LogP contribution in [-0.2, 0) is 14.9 Å². The lowest BCUT2D eigenvalue weighted by molar-refractivity contribution is 0.0588. The second-order valence-corrected chi connectivity index (χ2v) is 7.79. The molecule has 0 amide bonds. The number of nitrogens with zero attached hydrogens (tertiary/aromatic N) is 1. The maximum Gasteiger partial charge on any atom is 0.240 e. The van der Waals surface area contributed by atoms with E-state index < -0.39 is 10.0 Å². The van der Waals surface area contributed by atoms with Gasteiger partial charge in [-0.1, -0.05) is 36.2 Å². The first kappa shape index (κ1) is 17.9. The maximum absolute atomic E-state index is 12.3. The van der Waals surface area contributed by atoms with Gasteiger partial charge in [-0.25, -0.2) is 13.1 Å². The van der Waals surface area contributed by atoms with Gasteiger partial charge < -0.3 is 4.84 Å². The standard InChI is InChI=1S/C17H26N2O3S/c1-3-16(22-19-15-7-5-4-6-8-15)13-18-23(20,21)17-11-9-14(2)10-12-17/h9-12,16,18H,3-8,13H2,1-2H3. The van der Waals surface area contributed by atoms with Crippen LogP contribution in [0.4, 0.5) is 0 Å². The molecule has 0 saturated heterocycles. The van der Waals surface area contributed by atoms with E-state index in [9.17, 15) is 8.42 Å². The fourth-order valence-electron chi connectivity index (χ4n) is 2.46. The van der Waals surface area contributed by atoms with E-state index in [-0.39, 0.29) is 17.5 Å². The van der Waals surface area contributed by atoms with Gasteiger partial charge in [0.25, 0.3) is 0 Å². The van der Waals surface area contributed by atoms with Crippen molar-refractivity contribution >= 4 is 15.7 Å². The minimum Gasteiger partial charge on any atom is -0.391 e. The molecule has 2 rings (SSSR count). The Balaban J connectivity index is 1.90. The molecule has 0 heterocycles. The van der Waals surface area contributed by atoms with E-state index in [0.717, 1.165) is 24.1 Å². The third-order valence-corrected chi connectivity index (χ3v) is 5.49. The quantitative estimate of drug-likeness (QED) is 0.775. The highest BCUT2D eigenvalue weighted by molar-refractivity contribution is 7.89. The van der Waals surface area contributed by atoms with Crippen LogP contribution in [0.25, 0.3) is 0 Å². The van der Waals surface area contributed by atoms with E-state index in [2.05, 4.69) is 9.88 Å². The van der Waals surface area contributed by atoms with Crippen molar-refractivity contribution in [2.45, 2.75) is 63.4 Å². The van der Waals surface area contributed by atoms with Crippen LogP contribution in [0.2, 0.25) is 0 Å². The Hall–Kier alpha value is -1.40. The molecule has 1 aromatic rings. The van der Waals surface area contributed by atoms with E-state index in [1.807, 2.05) is 13.8 Å². The number of rotatable bonds is 7. The van der Waals surface area contributed by atoms with E-state index in [0.29, 0.717) is 6.42 Å². The van der Waals surface area contributed by atoms with Gasteiger partial charge >= 0.3 is 0 Å².